The highest BCUT2D eigenvalue weighted by atomic mass is 15.2. The van der Waals surface area contributed by atoms with Gasteiger partial charge < -0.3 is 59.8 Å². The molecule has 0 aromatic carbocycles. The van der Waals surface area contributed by atoms with E-state index in [-0.39, 0.29) is 0 Å². The number of aromatic amines is 2. The summed E-state index contributed by atoms with van der Waals surface area (Å²) in [5.74, 6) is 0. The fraction of sp³-hybridized carbons (Fsp3) is 0.798. The molecule has 3 aromatic heterocycles. The smallest absolute Gasteiger partial charge is 0.0694 e. The summed E-state index contributed by atoms with van der Waals surface area (Å²) in [7, 11) is 16.3. The third kappa shape index (κ3) is 38.0. The van der Waals surface area contributed by atoms with Gasteiger partial charge in [-0.1, -0.05) is 176 Å². The van der Waals surface area contributed by atoms with Crippen molar-refractivity contribution < 1.29 is 0 Å². The molecule has 3 aliphatic rings. The molecule has 6 heterocycles. The number of fused-ring (bicyclic) bond motifs is 8. The zero-order chi connectivity index (χ0) is 81.2. The first-order chi connectivity index (χ1) is 55.0. The van der Waals surface area contributed by atoms with E-state index < -0.39 is 0 Å². The predicted octanol–water partition coefficient (Wildman–Crippen LogP) is 22.3. The molecule has 2 unspecified atom stereocenters. The van der Waals surface area contributed by atoms with Crippen molar-refractivity contribution in [3.8, 4) is 0 Å². The Morgan fingerprint density at radius 1 is 0.416 bits per heavy atom. The quantitative estimate of drug-likeness (QED) is 0.0404. The van der Waals surface area contributed by atoms with Gasteiger partial charge >= 0.3 is 0 Å². The van der Waals surface area contributed by atoms with Gasteiger partial charge in [0.05, 0.1) is 22.8 Å². The minimum Gasteiger partial charge on any atom is -0.355 e. The van der Waals surface area contributed by atoms with Gasteiger partial charge in [-0.25, -0.2) is 9.97 Å². The second kappa shape index (κ2) is 59.0. The first kappa shape index (κ1) is 98.0. The minimum absolute atomic E-state index is 0.660. The molecular formula is C99H180N14. The summed E-state index contributed by atoms with van der Waals surface area (Å²) in [6.45, 7) is 42.9. The van der Waals surface area contributed by atoms with Gasteiger partial charge in [-0.05, 0) is 399 Å². The molecule has 0 saturated carbocycles. The lowest BCUT2D eigenvalue weighted by atomic mass is 9.98. The van der Waals surface area contributed by atoms with E-state index in [1.54, 1.807) is 0 Å². The number of unbranched alkanes of at least 4 members (excludes halogenated alkanes) is 21. The topological polar surface area (TPSA) is 107 Å². The maximum atomic E-state index is 5.65. The van der Waals surface area contributed by atoms with Crippen molar-refractivity contribution >= 4 is 44.4 Å². The van der Waals surface area contributed by atoms with E-state index in [0.717, 1.165) is 99.5 Å². The second-order valence-electron chi connectivity index (χ2n) is 36.1. The third-order valence-corrected chi connectivity index (χ3v) is 26.2. The number of allylic oxidation sites excluding steroid dienone is 4. The molecule has 646 valence electrons. The molecule has 14 heteroatoms. The number of nitrogens with zero attached hydrogens (tertiary/aromatic N) is 10. The van der Waals surface area contributed by atoms with E-state index in [1.807, 2.05) is 0 Å². The van der Waals surface area contributed by atoms with Crippen LogP contribution in [0.4, 0.5) is 0 Å². The van der Waals surface area contributed by atoms with Crippen LogP contribution >= 0.6 is 0 Å². The van der Waals surface area contributed by atoms with Crippen LogP contribution in [-0.2, 0) is 12.8 Å². The summed E-state index contributed by atoms with van der Waals surface area (Å²) in [5, 5.41) is 7.96. The van der Waals surface area contributed by atoms with Gasteiger partial charge in [-0.3, -0.25) is 0 Å². The largest absolute Gasteiger partial charge is 0.355 e. The van der Waals surface area contributed by atoms with E-state index in [1.165, 1.54) is 384 Å². The Hall–Kier alpha value is -3.80. The van der Waals surface area contributed by atoms with Crippen molar-refractivity contribution in [2.24, 2.45) is 0 Å². The van der Waals surface area contributed by atoms with E-state index in [0.29, 0.717) is 12.1 Å². The normalized spacial score (nSPS) is 16.4. The van der Waals surface area contributed by atoms with E-state index >= 15 is 0 Å². The molecule has 4 N–H and O–H groups in total. The summed E-state index contributed by atoms with van der Waals surface area (Å²) >= 11 is 0. The van der Waals surface area contributed by atoms with Gasteiger partial charge in [0.25, 0.3) is 0 Å². The molecule has 0 spiro atoms. The Kier molecular flexibility index (Phi) is 51.2. The number of aromatic nitrogens is 4. The maximum Gasteiger partial charge on any atom is 0.0694 e. The Morgan fingerprint density at radius 3 is 1.43 bits per heavy atom. The van der Waals surface area contributed by atoms with Gasteiger partial charge in [-0.15, -0.1) is 0 Å². The minimum atomic E-state index is 0.660. The molecule has 3 aromatic rings. The first-order valence-corrected chi connectivity index (χ1v) is 48.1. The number of hydrogen-bond acceptors (Lipinski definition) is 12. The van der Waals surface area contributed by atoms with E-state index in [2.05, 4.69) is 196 Å². The number of rotatable bonds is 57. The number of hydrogen-bond donors (Lipinski definition) is 4. The van der Waals surface area contributed by atoms with Crippen molar-refractivity contribution in [1.82, 2.24) is 69.8 Å². The standard InChI is InChI=1S/C99H180N14/c1-17-22-24-26-28-30-32-34-36-38-40-53-86(110(15)63-19-3)57-76-112(74-51-69-108(13)65-43-42-64-106(10)11)72-48-61-100-59-46-55-90-84(8)93-78-92-82(6)88(20-4)96(102-92)79-94-83(7)89(21-5)97(103-94)80-95-85(9)91(99(105-95)81-98(90)104-93)56-47-60-101-62-49-73-113-75-52-70-109(14)67-45-44-66-107(12)68-50-71-111(16)87(58-77-113)54-41-39-37-35-33-31-29-27-25-23-18-2/h78-81,86-87,100-103H,17-77H2,1-16H3. The number of aryl methyl sites for hydroxylation is 4. The fourth-order valence-corrected chi connectivity index (χ4v) is 18.6. The number of nitrogens with one attached hydrogen (secondary N) is 4. The Morgan fingerprint density at radius 2 is 0.885 bits per heavy atom. The van der Waals surface area contributed by atoms with Gasteiger partial charge in [0.15, 0.2) is 0 Å². The molecule has 3 aliphatic heterocycles. The molecule has 8 bridgehead atoms. The molecule has 113 heavy (non-hydrogen) atoms. The van der Waals surface area contributed by atoms with E-state index in [9.17, 15) is 0 Å². The van der Waals surface area contributed by atoms with Crippen LogP contribution in [-0.4, -0.2) is 245 Å². The van der Waals surface area contributed by atoms with Crippen LogP contribution in [0.2, 0.25) is 0 Å². The zero-order valence-corrected chi connectivity index (χ0v) is 77.1. The van der Waals surface area contributed by atoms with Crippen LogP contribution in [0, 0.1) is 13.8 Å². The van der Waals surface area contributed by atoms with E-state index in [4.69, 9.17) is 9.97 Å². The molecule has 0 aliphatic carbocycles. The predicted molar refractivity (Wildman–Crippen MR) is 498 cm³/mol. The Bertz CT molecular complexity index is 3210. The molecular weight excluding hydrogens is 1390 g/mol. The van der Waals surface area contributed by atoms with Crippen LogP contribution in [0.3, 0.4) is 0 Å². The molecule has 0 radical (unpaired) electrons. The Labute approximate surface area is 697 Å². The van der Waals surface area contributed by atoms with Gasteiger partial charge in [-0.2, -0.15) is 0 Å². The first-order valence-electron chi connectivity index (χ1n) is 48.1. The SMILES string of the molecule is CCCCCCCCCCCCCC(CCN(CCCNCCCC1=C(C)c2cc3[nH]c(cc4[nH]c(cc5nc(cc1n2)C(CCCNCCCN1CCCN(C)CCCCN(C)CCCN(C)C(CCCCCCCCCCCCC)CC1)=C5C)c(CC)c4C)c(CC)c3C)CCCN(C)CCCCN(C)C)N(C)CCC. The van der Waals surface area contributed by atoms with Crippen molar-refractivity contribution in [3.05, 3.63) is 69.3 Å². The highest BCUT2D eigenvalue weighted by Gasteiger charge is 2.24. The van der Waals surface area contributed by atoms with Crippen LogP contribution in [0.25, 0.3) is 44.4 Å². The zero-order valence-electron chi connectivity index (χ0n) is 77.1. The lowest BCUT2D eigenvalue weighted by molar-refractivity contribution is 0.170. The molecule has 6 rings (SSSR count). The Balaban J connectivity index is 1.13. The van der Waals surface area contributed by atoms with Gasteiger partial charge in [0.1, 0.15) is 0 Å². The summed E-state index contributed by atoms with van der Waals surface area (Å²) in [6.07, 6.45) is 54.7. The second-order valence-corrected chi connectivity index (χ2v) is 36.1. The molecule has 2 atom stereocenters. The van der Waals surface area contributed by atoms with Crippen LogP contribution < -0.4 is 10.6 Å². The highest BCUT2D eigenvalue weighted by Crippen LogP contribution is 2.39. The van der Waals surface area contributed by atoms with Crippen LogP contribution in [0.1, 0.15) is 350 Å². The monoisotopic (exact) mass is 1570 g/mol. The summed E-state index contributed by atoms with van der Waals surface area (Å²) in [5.41, 5.74) is 19.7. The van der Waals surface area contributed by atoms with Crippen molar-refractivity contribution in [3.63, 3.8) is 0 Å². The third-order valence-electron chi connectivity index (χ3n) is 26.2. The fourth-order valence-electron chi connectivity index (χ4n) is 18.6. The van der Waals surface area contributed by atoms with Crippen molar-refractivity contribution in [2.75, 3.05) is 174 Å². The summed E-state index contributed by atoms with van der Waals surface area (Å²) in [6, 6.07) is 10.8. The molecule has 0 amide bonds. The summed E-state index contributed by atoms with van der Waals surface area (Å²) in [4.78, 5) is 40.4. The highest BCUT2D eigenvalue weighted by molar-refractivity contribution is 5.95. The van der Waals surface area contributed by atoms with Crippen LogP contribution in [0.15, 0.2) is 24.3 Å². The van der Waals surface area contributed by atoms with Gasteiger partial charge in [0.2, 0.25) is 0 Å². The lowest BCUT2D eigenvalue weighted by Gasteiger charge is -2.32. The molecule has 1 saturated heterocycles. The lowest BCUT2D eigenvalue weighted by Crippen LogP contribution is -2.38. The van der Waals surface area contributed by atoms with Crippen molar-refractivity contribution in [1.29, 1.82) is 0 Å². The average Bonchev–Trinajstić information content (AvgIpc) is 1.62. The van der Waals surface area contributed by atoms with Crippen LogP contribution in [0.5, 0.6) is 0 Å². The maximum absolute atomic E-state index is 5.65. The number of H-pyrrole nitrogens is 2. The summed E-state index contributed by atoms with van der Waals surface area (Å²) < 4.78 is 0. The molecule has 14 nitrogen and oxygen atoms in total. The molecule has 1 fully saturated rings. The van der Waals surface area contributed by atoms with Gasteiger partial charge in [0, 0.05) is 34.2 Å². The average molecular weight is 1570 g/mol. The van der Waals surface area contributed by atoms with Crippen molar-refractivity contribution in [2.45, 2.75) is 344 Å².